The maximum Gasteiger partial charge on any atom is 0.171 e. The van der Waals surface area contributed by atoms with Crippen molar-refractivity contribution in [1.82, 2.24) is 0 Å². The van der Waals surface area contributed by atoms with Crippen LogP contribution in [0.2, 0.25) is 0 Å². The Labute approximate surface area is 121 Å². The summed E-state index contributed by atoms with van der Waals surface area (Å²) >= 11 is 3.35. The fraction of sp³-hybridized carbons (Fsp3) is 0.462. The molecular weight excluding hydrogens is 312 g/mol. The molecular formula is C13H19BrN2O3. The first-order valence-corrected chi connectivity index (χ1v) is 6.67. The Balaban J connectivity index is 2.55. The first-order valence-electron chi connectivity index (χ1n) is 5.87. The Kier molecular flexibility index (Phi) is 5.62. The number of ether oxygens (including phenoxy) is 2. The van der Waals surface area contributed by atoms with E-state index in [2.05, 4.69) is 21.1 Å². The van der Waals surface area contributed by atoms with Gasteiger partial charge in [0.05, 0.1) is 12.2 Å². The Hall–Kier alpha value is -1.27. The first kappa shape index (κ1) is 15.8. The smallest absolute Gasteiger partial charge is 0.171 e. The molecule has 0 fully saturated rings. The van der Waals surface area contributed by atoms with E-state index in [0.29, 0.717) is 29.0 Å². The molecule has 0 bridgehead atoms. The van der Waals surface area contributed by atoms with Crippen LogP contribution in [0.15, 0.2) is 27.8 Å². The molecule has 3 N–H and O–H groups in total. The molecule has 0 aliphatic carbocycles. The molecule has 0 heterocycles. The van der Waals surface area contributed by atoms with Crippen molar-refractivity contribution in [2.75, 3.05) is 13.2 Å². The van der Waals surface area contributed by atoms with E-state index in [9.17, 15) is 0 Å². The van der Waals surface area contributed by atoms with E-state index in [0.717, 1.165) is 0 Å². The lowest BCUT2D eigenvalue weighted by Crippen LogP contribution is -2.22. The number of benzene rings is 1. The van der Waals surface area contributed by atoms with Crippen molar-refractivity contribution in [1.29, 1.82) is 0 Å². The summed E-state index contributed by atoms with van der Waals surface area (Å²) in [5, 5.41) is 11.6. The summed E-state index contributed by atoms with van der Waals surface area (Å²) in [6.45, 7) is 6.97. The van der Waals surface area contributed by atoms with Gasteiger partial charge in [-0.2, -0.15) is 0 Å². The molecule has 0 spiro atoms. The SMILES string of the molecule is CC(C)(C)OCCOc1ccc(/C(N)=N/O)c(Br)c1. The van der Waals surface area contributed by atoms with Gasteiger partial charge in [-0.3, -0.25) is 0 Å². The van der Waals surface area contributed by atoms with E-state index < -0.39 is 0 Å². The maximum absolute atomic E-state index is 8.63. The Morgan fingerprint density at radius 3 is 2.58 bits per heavy atom. The molecule has 5 nitrogen and oxygen atoms in total. The minimum Gasteiger partial charge on any atom is -0.491 e. The highest BCUT2D eigenvalue weighted by molar-refractivity contribution is 9.10. The van der Waals surface area contributed by atoms with Crippen molar-refractivity contribution in [2.45, 2.75) is 26.4 Å². The van der Waals surface area contributed by atoms with Gasteiger partial charge in [-0.25, -0.2) is 0 Å². The molecule has 0 atom stereocenters. The standard InChI is InChI=1S/C13H19BrN2O3/c1-13(2,3)19-7-6-18-9-4-5-10(11(14)8-9)12(15)16-17/h4-5,8,17H,6-7H2,1-3H3,(H2,15,16). The summed E-state index contributed by atoms with van der Waals surface area (Å²) in [7, 11) is 0. The number of oxime groups is 1. The Morgan fingerprint density at radius 2 is 2.05 bits per heavy atom. The van der Waals surface area contributed by atoms with Gasteiger partial charge in [0, 0.05) is 10.0 Å². The van der Waals surface area contributed by atoms with E-state index >= 15 is 0 Å². The van der Waals surface area contributed by atoms with Gasteiger partial charge in [0.25, 0.3) is 0 Å². The van der Waals surface area contributed by atoms with Gasteiger partial charge in [-0.15, -0.1) is 0 Å². The van der Waals surface area contributed by atoms with Crippen LogP contribution in [0.25, 0.3) is 0 Å². The molecule has 0 aliphatic heterocycles. The molecule has 6 heteroatoms. The van der Waals surface area contributed by atoms with Crippen LogP contribution in [0, 0.1) is 0 Å². The molecule has 106 valence electrons. The lowest BCUT2D eigenvalue weighted by Gasteiger charge is -2.19. The van der Waals surface area contributed by atoms with E-state index in [1.165, 1.54) is 0 Å². The third kappa shape index (κ3) is 5.48. The second-order valence-corrected chi connectivity index (χ2v) is 5.79. The molecule has 0 unspecified atom stereocenters. The molecule has 0 amide bonds. The molecule has 1 aromatic carbocycles. The summed E-state index contributed by atoms with van der Waals surface area (Å²) in [6.07, 6.45) is 0. The molecule has 0 saturated carbocycles. The zero-order valence-electron chi connectivity index (χ0n) is 11.3. The molecule has 0 saturated heterocycles. The average Bonchev–Trinajstić information content (AvgIpc) is 2.33. The van der Waals surface area contributed by atoms with Crippen LogP contribution in [0.3, 0.4) is 0 Å². The number of hydrogen-bond acceptors (Lipinski definition) is 4. The van der Waals surface area contributed by atoms with Crippen LogP contribution in [-0.2, 0) is 4.74 Å². The summed E-state index contributed by atoms with van der Waals surface area (Å²) < 4.78 is 11.8. The van der Waals surface area contributed by atoms with Gasteiger partial charge in [0.2, 0.25) is 0 Å². The third-order valence-electron chi connectivity index (χ3n) is 2.21. The predicted octanol–water partition coefficient (Wildman–Crippen LogP) is 2.74. The minimum atomic E-state index is -0.167. The Morgan fingerprint density at radius 1 is 1.37 bits per heavy atom. The summed E-state index contributed by atoms with van der Waals surface area (Å²) in [6, 6.07) is 5.25. The third-order valence-corrected chi connectivity index (χ3v) is 2.87. The number of amidine groups is 1. The van der Waals surface area contributed by atoms with Crippen molar-refractivity contribution in [3.63, 3.8) is 0 Å². The van der Waals surface area contributed by atoms with Crippen molar-refractivity contribution in [2.24, 2.45) is 10.9 Å². The van der Waals surface area contributed by atoms with Crippen LogP contribution >= 0.6 is 15.9 Å². The molecule has 0 aliphatic rings. The van der Waals surface area contributed by atoms with Gasteiger partial charge in [-0.05, 0) is 54.9 Å². The molecule has 0 aromatic heterocycles. The van der Waals surface area contributed by atoms with Crippen LogP contribution < -0.4 is 10.5 Å². The lowest BCUT2D eigenvalue weighted by molar-refractivity contribution is -0.0163. The quantitative estimate of drug-likeness (QED) is 0.286. The number of nitrogens with two attached hydrogens (primary N) is 1. The monoisotopic (exact) mass is 330 g/mol. The highest BCUT2D eigenvalue weighted by atomic mass is 79.9. The number of rotatable bonds is 5. The largest absolute Gasteiger partial charge is 0.491 e. The van der Waals surface area contributed by atoms with Crippen molar-refractivity contribution < 1.29 is 14.7 Å². The lowest BCUT2D eigenvalue weighted by atomic mass is 10.2. The predicted molar refractivity (Wildman–Crippen MR) is 77.9 cm³/mol. The topological polar surface area (TPSA) is 77.1 Å². The molecule has 1 aromatic rings. The number of nitrogens with zero attached hydrogens (tertiary/aromatic N) is 1. The van der Waals surface area contributed by atoms with Gasteiger partial charge in [-0.1, -0.05) is 5.16 Å². The zero-order valence-corrected chi connectivity index (χ0v) is 12.9. The minimum absolute atomic E-state index is 0.0505. The van der Waals surface area contributed by atoms with Gasteiger partial charge >= 0.3 is 0 Å². The number of halogens is 1. The normalized spacial score (nSPS) is 12.5. The van der Waals surface area contributed by atoms with E-state index in [-0.39, 0.29) is 11.4 Å². The summed E-state index contributed by atoms with van der Waals surface area (Å²) in [4.78, 5) is 0. The Bertz CT molecular complexity index is 456. The van der Waals surface area contributed by atoms with Crippen LogP contribution in [0.5, 0.6) is 5.75 Å². The van der Waals surface area contributed by atoms with Crippen LogP contribution in [0.1, 0.15) is 26.3 Å². The first-order chi connectivity index (χ1) is 8.83. The second kappa shape index (κ2) is 6.77. The van der Waals surface area contributed by atoms with Gasteiger partial charge in [0.1, 0.15) is 12.4 Å². The maximum atomic E-state index is 8.63. The van der Waals surface area contributed by atoms with E-state index in [1.54, 1.807) is 18.2 Å². The molecule has 1 rings (SSSR count). The van der Waals surface area contributed by atoms with Crippen LogP contribution in [-0.4, -0.2) is 29.9 Å². The van der Waals surface area contributed by atoms with Gasteiger partial charge < -0.3 is 20.4 Å². The average molecular weight is 331 g/mol. The summed E-state index contributed by atoms with van der Waals surface area (Å²) in [5.74, 6) is 0.744. The fourth-order valence-electron chi connectivity index (χ4n) is 1.35. The van der Waals surface area contributed by atoms with Crippen molar-refractivity contribution in [3.8, 4) is 5.75 Å². The van der Waals surface area contributed by atoms with E-state index in [1.807, 2.05) is 20.8 Å². The van der Waals surface area contributed by atoms with Gasteiger partial charge in [0.15, 0.2) is 5.84 Å². The van der Waals surface area contributed by atoms with Crippen molar-refractivity contribution >= 4 is 21.8 Å². The highest BCUT2D eigenvalue weighted by Crippen LogP contribution is 2.23. The highest BCUT2D eigenvalue weighted by Gasteiger charge is 2.10. The molecule has 0 radical (unpaired) electrons. The van der Waals surface area contributed by atoms with Crippen molar-refractivity contribution in [3.05, 3.63) is 28.2 Å². The fourth-order valence-corrected chi connectivity index (χ4v) is 1.92. The van der Waals surface area contributed by atoms with Crippen LogP contribution in [0.4, 0.5) is 0 Å². The van der Waals surface area contributed by atoms with E-state index in [4.69, 9.17) is 20.4 Å². The number of hydrogen-bond donors (Lipinski definition) is 2. The summed E-state index contributed by atoms with van der Waals surface area (Å²) in [5.41, 5.74) is 5.97. The second-order valence-electron chi connectivity index (χ2n) is 4.94. The molecule has 19 heavy (non-hydrogen) atoms. The zero-order chi connectivity index (χ0) is 14.5.